The van der Waals surface area contributed by atoms with Crippen LogP contribution in [0.4, 0.5) is 16.2 Å². The van der Waals surface area contributed by atoms with E-state index in [0.717, 1.165) is 41.1 Å². The van der Waals surface area contributed by atoms with Crippen molar-refractivity contribution in [2.24, 2.45) is 0 Å². The lowest BCUT2D eigenvalue weighted by molar-refractivity contribution is 0.195. The molecule has 2 aromatic heterocycles. The summed E-state index contributed by atoms with van der Waals surface area (Å²) >= 11 is 0. The fraction of sp³-hybridized carbons (Fsp3) is 0.462. The molecule has 0 aliphatic carbocycles. The Balaban J connectivity index is 1.26. The molecule has 8 nitrogen and oxygen atoms in total. The van der Waals surface area contributed by atoms with Crippen molar-refractivity contribution in [3.63, 3.8) is 0 Å². The van der Waals surface area contributed by atoms with Crippen molar-refractivity contribution in [1.82, 2.24) is 24.7 Å². The number of urea groups is 1. The first-order valence-electron chi connectivity index (χ1n) is 14.4. The van der Waals surface area contributed by atoms with E-state index in [1.165, 1.54) is 4.90 Å². The van der Waals surface area contributed by atoms with Gasteiger partial charge < -0.3 is 24.9 Å². The number of hydrogen-bond acceptors (Lipinski definition) is 5. The Kier molecular flexibility index (Phi) is 5.03. The van der Waals surface area contributed by atoms with Crippen LogP contribution in [0.1, 0.15) is 20.6 Å². The van der Waals surface area contributed by atoms with Crippen LogP contribution in [-0.4, -0.2) is 90.8 Å². The second-order valence-corrected chi connectivity index (χ2v) is 8.72. The van der Waals surface area contributed by atoms with Gasteiger partial charge in [-0.1, -0.05) is 19.0 Å². The predicted octanol–water partition coefficient (Wildman–Crippen LogP) is 2.99. The van der Waals surface area contributed by atoms with Crippen LogP contribution in [0.15, 0.2) is 48.8 Å². The van der Waals surface area contributed by atoms with Gasteiger partial charge in [0, 0.05) is 89.4 Å². The molecular weight excluding hydrogens is 426 g/mol. The Hall–Kier alpha value is -3.26. The van der Waals surface area contributed by atoms with Gasteiger partial charge in [0.05, 0.1) is 11.2 Å². The third-order valence-electron chi connectivity index (χ3n) is 6.73. The lowest BCUT2D eigenvalue weighted by Gasteiger charge is -2.36. The minimum Gasteiger partial charge on any atom is -0.369 e. The Morgan fingerprint density at radius 3 is 2.44 bits per heavy atom. The van der Waals surface area contributed by atoms with Gasteiger partial charge in [-0.05, 0) is 43.2 Å². The normalized spacial score (nSPS) is 20.4. The summed E-state index contributed by atoms with van der Waals surface area (Å²) in [4.78, 5) is 19.9. The molecule has 4 heterocycles. The van der Waals surface area contributed by atoms with E-state index in [2.05, 4.69) is 50.5 Å². The molecule has 2 saturated heterocycles. The van der Waals surface area contributed by atoms with E-state index in [1.54, 1.807) is 6.20 Å². The van der Waals surface area contributed by atoms with Crippen LogP contribution in [0.3, 0.4) is 0 Å². The summed E-state index contributed by atoms with van der Waals surface area (Å²) in [5, 5.41) is 7.39. The fourth-order valence-corrected chi connectivity index (χ4v) is 4.78. The minimum atomic E-state index is -2.67. The van der Waals surface area contributed by atoms with Crippen molar-refractivity contribution in [1.29, 1.82) is 0 Å². The van der Waals surface area contributed by atoms with Crippen LogP contribution in [0.5, 0.6) is 0 Å². The monoisotopic (exact) mass is 466 g/mol. The van der Waals surface area contributed by atoms with Crippen LogP contribution in [0, 0.1) is 0 Å². The van der Waals surface area contributed by atoms with Crippen LogP contribution < -0.4 is 15.1 Å². The molecular formula is C26H35N7O. The number of rotatable bonds is 5. The number of piperazine rings is 2. The standard InChI is InChI=1S/C26H35N7O/c1-3-27-26(34)32-17-15-31(16-18-32)24-9-10-28-33-20-22(19-25(24)33)21-5-7-23(8-6-21)30-13-11-29(4-2)12-14-30/h5-10,19-20H,3-4,11-18H2,1-2H3,(H,27,34)/i2D3,4D2. The number of anilines is 2. The van der Waals surface area contributed by atoms with E-state index in [0.29, 0.717) is 45.8 Å². The largest absolute Gasteiger partial charge is 0.369 e. The number of fused-ring (bicyclic) bond motifs is 1. The zero-order chi connectivity index (χ0) is 27.8. The zero-order valence-electron chi connectivity index (χ0n) is 24.6. The molecule has 2 aliphatic heterocycles. The molecule has 34 heavy (non-hydrogen) atoms. The van der Waals surface area contributed by atoms with Crippen molar-refractivity contribution in [3.8, 4) is 11.1 Å². The first-order chi connectivity index (χ1) is 18.6. The van der Waals surface area contributed by atoms with Gasteiger partial charge in [0.25, 0.3) is 0 Å². The highest BCUT2D eigenvalue weighted by Gasteiger charge is 2.22. The smallest absolute Gasteiger partial charge is 0.317 e. The third kappa shape index (κ3) is 4.55. The number of nitrogens with zero attached hydrogens (tertiary/aromatic N) is 6. The molecule has 2 aliphatic rings. The van der Waals surface area contributed by atoms with Crippen LogP contribution in [0.2, 0.25) is 0 Å². The lowest BCUT2D eigenvalue weighted by Crippen LogP contribution is -2.51. The topological polar surface area (TPSA) is 59.4 Å². The molecule has 0 radical (unpaired) electrons. The van der Waals surface area contributed by atoms with E-state index in [9.17, 15) is 4.79 Å². The number of hydrogen-bond donors (Lipinski definition) is 1. The molecule has 2 amide bonds. The molecule has 0 unspecified atom stereocenters. The van der Waals surface area contributed by atoms with E-state index < -0.39 is 13.3 Å². The van der Waals surface area contributed by atoms with Crippen molar-refractivity contribution < 1.29 is 11.6 Å². The molecule has 8 heteroatoms. The van der Waals surface area contributed by atoms with Gasteiger partial charge >= 0.3 is 6.03 Å². The number of benzene rings is 1. The van der Waals surface area contributed by atoms with Gasteiger partial charge in [0.1, 0.15) is 0 Å². The summed E-state index contributed by atoms with van der Waals surface area (Å²) in [6.07, 6.45) is 3.83. The molecule has 0 spiro atoms. The Bertz CT molecular complexity index is 1290. The summed E-state index contributed by atoms with van der Waals surface area (Å²) in [6.45, 7) is 2.23. The fourth-order valence-electron chi connectivity index (χ4n) is 4.78. The number of carbonyl (C=O) groups is 1. The average molecular weight is 467 g/mol. The van der Waals surface area contributed by atoms with Gasteiger partial charge in [0.15, 0.2) is 0 Å². The van der Waals surface area contributed by atoms with Gasteiger partial charge in [-0.15, -0.1) is 0 Å². The SMILES string of the molecule is [2H]C([2H])([2H])C([2H])([2H])N1CCN(c2ccc(-c3cc4c(N5CCN(C(=O)NCC)CC5)ccnn4c3)cc2)CC1. The maximum absolute atomic E-state index is 12.2. The molecule has 3 aromatic rings. The molecule has 5 rings (SSSR count). The second kappa shape index (κ2) is 9.93. The molecule has 2 fully saturated rings. The zero-order valence-corrected chi connectivity index (χ0v) is 19.6. The molecule has 180 valence electrons. The summed E-state index contributed by atoms with van der Waals surface area (Å²) in [5.41, 5.74) is 5.26. The highest BCUT2D eigenvalue weighted by Crippen LogP contribution is 2.30. The number of aromatic nitrogens is 2. The van der Waals surface area contributed by atoms with Crippen LogP contribution >= 0.6 is 0 Å². The maximum atomic E-state index is 12.2. The molecule has 0 saturated carbocycles. The first kappa shape index (κ1) is 17.2. The molecule has 0 atom stereocenters. The number of nitrogens with one attached hydrogen (secondary N) is 1. The third-order valence-corrected chi connectivity index (χ3v) is 6.73. The summed E-state index contributed by atoms with van der Waals surface area (Å²) in [7, 11) is 0. The maximum Gasteiger partial charge on any atom is 0.317 e. The van der Waals surface area contributed by atoms with Crippen molar-refractivity contribution >= 4 is 22.9 Å². The summed E-state index contributed by atoms with van der Waals surface area (Å²) < 4.78 is 40.5. The Morgan fingerprint density at radius 1 is 1.00 bits per heavy atom. The first-order valence-corrected chi connectivity index (χ1v) is 11.9. The van der Waals surface area contributed by atoms with E-state index >= 15 is 0 Å². The highest BCUT2D eigenvalue weighted by molar-refractivity contribution is 5.81. The van der Waals surface area contributed by atoms with E-state index in [1.807, 2.05) is 28.6 Å². The van der Waals surface area contributed by atoms with Crippen molar-refractivity contribution in [2.75, 3.05) is 75.2 Å². The van der Waals surface area contributed by atoms with Crippen LogP contribution in [-0.2, 0) is 0 Å². The van der Waals surface area contributed by atoms with Crippen LogP contribution in [0.25, 0.3) is 16.6 Å². The quantitative estimate of drug-likeness (QED) is 0.627. The molecule has 0 bridgehead atoms. The van der Waals surface area contributed by atoms with Crippen molar-refractivity contribution in [3.05, 3.63) is 48.8 Å². The van der Waals surface area contributed by atoms with E-state index in [-0.39, 0.29) is 6.03 Å². The molecule has 1 aromatic carbocycles. The Labute approximate surface area is 208 Å². The summed E-state index contributed by atoms with van der Waals surface area (Å²) in [5.74, 6) is 0. The van der Waals surface area contributed by atoms with Crippen molar-refractivity contribution in [2.45, 2.75) is 13.8 Å². The minimum absolute atomic E-state index is 0.0104. The van der Waals surface area contributed by atoms with Gasteiger partial charge in [-0.2, -0.15) is 5.10 Å². The lowest BCUT2D eigenvalue weighted by atomic mass is 10.1. The number of likely N-dealkylation sites (N-methyl/N-ethyl adjacent to an activating group) is 1. The highest BCUT2D eigenvalue weighted by atomic mass is 16.2. The molecule has 1 N–H and O–H groups in total. The second-order valence-electron chi connectivity index (χ2n) is 8.72. The Morgan fingerprint density at radius 2 is 1.74 bits per heavy atom. The van der Waals surface area contributed by atoms with Gasteiger partial charge in [-0.25, -0.2) is 9.31 Å². The van der Waals surface area contributed by atoms with Gasteiger partial charge in [-0.3, -0.25) is 0 Å². The predicted molar refractivity (Wildman–Crippen MR) is 138 cm³/mol. The summed E-state index contributed by atoms with van der Waals surface area (Å²) in [6, 6.07) is 12.4. The average Bonchev–Trinajstić information content (AvgIpc) is 3.37. The van der Waals surface area contributed by atoms with E-state index in [4.69, 9.17) is 6.85 Å². The number of carbonyl (C=O) groups excluding carboxylic acids is 1. The van der Waals surface area contributed by atoms with Gasteiger partial charge in [0.2, 0.25) is 0 Å². The number of amides is 2.